The molecule has 1 aliphatic heterocycles. The van der Waals surface area contributed by atoms with Gasteiger partial charge in [0.1, 0.15) is 0 Å². The van der Waals surface area contributed by atoms with E-state index >= 15 is 0 Å². The van der Waals surface area contributed by atoms with E-state index in [1.54, 1.807) is 0 Å². The number of amides is 1. The lowest BCUT2D eigenvalue weighted by Gasteiger charge is -2.30. The Morgan fingerprint density at radius 3 is 2.50 bits per heavy atom. The number of halogens is 1. The molecule has 1 rings (SSSR count). The summed E-state index contributed by atoms with van der Waals surface area (Å²) in [4.78, 5) is 14.3. The second-order valence-electron chi connectivity index (χ2n) is 5.62. The Balaban J connectivity index is 0.00000289. The molecular formula is C13H28ClN3O. The molecule has 1 saturated heterocycles. The van der Waals surface area contributed by atoms with Crippen molar-refractivity contribution in [2.75, 3.05) is 26.7 Å². The van der Waals surface area contributed by atoms with Crippen LogP contribution in [0.15, 0.2) is 0 Å². The predicted octanol–water partition coefficient (Wildman–Crippen LogP) is 1.38. The van der Waals surface area contributed by atoms with Crippen molar-refractivity contribution in [2.45, 2.75) is 45.1 Å². The Hall–Kier alpha value is -0.320. The Labute approximate surface area is 117 Å². The van der Waals surface area contributed by atoms with E-state index in [1.807, 2.05) is 6.92 Å². The highest BCUT2D eigenvalue weighted by atomic mass is 35.5. The third-order valence-electron chi connectivity index (χ3n) is 3.68. The summed E-state index contributed by atoms with van der Waals surface area (Å²) < 4.78 is 0. The molecule has 0 saturated carbocycles. The molecule has 0 radical (unpaired) electrons. The Kier molecular flexibility index (Phi) is 7.83. The minimum Gasteiger partial charge on any atom is -0.354 e. The lowest BCUT2D eigenvalue weighted by Crippen LogP contribution is -2.52. The van der Waals surface area contributed by atoms with Crippen molar-refractivity contribution in [3.63, 3.8) is 0 Å². The van der Waals surface area contributed by atoms with E-state index < -0.39 is 5.54 Å². The van der Waals surface area contributed by atoms with Crippen molar-refractivity contribution in [3.05, 3.63) is 0 Å². The Morgan fingerprint density at radius 2 is 2.00 bits per heavy atom. The molecular weight excluding hydrogens is 250 g/mol. The van der Waals surface area contributed by atoms with Crippen LogP contribution in [0.5, 0.6) is 0 Å². The number of nitrogens with two attached hydrogens (primary N) is 1. The molecule has 1 heterocycles. The Bertz CT molecular complexity index is 251. The van der Waals surface area contributed by atoms with Crippen LogP contribution in [0, 0.1) is 5.92 Å². The van der Waals surface area contributed by atoms with Crippen LogP contribution in [0.25, 0.3) is 0 Å². The van der Waals surface area contributed by atoms with E-state index in [0.29, 0.717) is 5.92 Å². The van der Waals surface area contributed by atoms with Gasteiger partial charge in [-0.25, -0.2) is 0 Å². The van der Waals surface area contributed by atoms with Crippen molar-refractivity contribution in [2.24, 2.45) is 11.7 Å². The van der Waals surface area contributed by atoms with Gasteiger partial charge in [-0.05, 0) is 52.2 Å². The molecule has 4 nitrogen and oxygen atoms in total. The van der Waals surface area contributed by atoms with Crippen molar-refractivity contribution in [3.8, 4) is 0 Å². The molecule has 1 amide bonds. The van der Waals surface area contributed by atoms with Crippen LogP contribution in [0.3, 0.4) is 0 Å². The van der Waals surface area contributed by atoms with Crippen LogP contribution in [-0.2, 0) is 4.79 Å². The average molecular weight is 278 g/mol. The van der Waals surface area contributed by atoms with Crippen LogP contribution in [0.1, 0.15) is 39.5 Å². The van der Waals surface area contributed by atoms with Crippen LogP contribution in [0.2, 0.25) is 0 Å². The second kappa shape index (κ2) is 7.97. The summed E-state index contributed by atoms with van der Waals surface area (Å²) in [6, 6.07) is 0. The lowest BCUT2D eigenvalue weighted by molar-refractivity contribution is -0.126. The van der Waals surface area contributed by atoms with Gasteiger partial charge in [-0.1, -0.05) is 13.3 Å². The monoisotopic (exact) mass is 277 g/mol. The Morgan fingerprint density at radius 1 is 1.44 bits per heavy atom. The number of nitrogens with zero attached hydrogens (tertiary/aromatic N) is 1. The van der Waals surface area contributed by atoms with Gasteiger partial charge in [-0.2, -0.15) is 0 Å². The van der Waals surface area contributed by atoms with E-state index in [9.17, 15) is 4.79 Å². The first-order valence-electron chi connectivity index (χ1n) is 6.71. The van der Waals surface area contributed by atoms with E-state index in [0.717, 1.165) is 32.5 Å². The number of carbonyl (C=O) groups excluding carboxylic acids is 1. The van der Waals surface area contributed by atoms with Crippen LogP contribution < -0.4 is 11.1 Å². The van der Waals surface area contributed by atoms with Gasteiger partial charge < -0.3 is 16.0 Å². The number of likely N-dealkylation sites (tertiary alicyclic amines) is 1. The third-order valence-corrected chi connectivity index (χ3v) is 3.68. The number of piperidine rings is 1. The maximum Gasteiger partial charge on any atom is 0.239 e. The molecule has 0 aliphatic carbocycles. The predicted molar refractivity (Wildman–Crippen MR) is 78.0 cm³/mol. The zero-order chi connectivity index (χ0) is 12.9. The minimum atomic E-state index is -0.708. The number of hydrogen-bond donors (Lipinski definition) is 2. The minimum absolute atomic E-state index is 0. The van der Waals surface area contributed by atoms with E-state index in [4.69, 9.17) is 5.73 Å². The summed E-state index contributed by atoms with van der Waals surface area (Å²) in [5.41, 5.74) is 5.28. The summed E-state index contributed by atoms with van der Waals surface area (Å²) >= 11 is 0. The molecule has 1 fully saturated rings. The van der Waals surface area contributed by atoms with Gasteiger partial charge >= 0.3 is 0 Å². The molecule has 108 valence electrons. The van der Waals surface area contributed by atoms with Crippen LogP contribution >= 0.6 is 12.4 Å². The number of carbonyl (C=O) groups is 1. The fourth-order valence-electron chi connectivity index (χ4n) is 2.34. The molecule has 0 aromatic rings. The van der Waals surface area contributed by atoms with Gasteiger partial charge in [0.05, 0.1) is 5.54 Å². The topological polar surface area (TPSA) is 58.4 Å². The van der Waals surface area contributed by atoms with Gasteiger partial charge in [0, 0.05) is 6.54 Å². The number of nitrogens with one attached hydrogen (secondary N) is 1. The van der Waals surface area contributed by atoms with Crippen LogP contribution in [0.4, 0.5) is 0 Å². The van der Waals surface area contributed by atoms with E-state index in [1.165, 1.54) is 12.8 Å². The maximum atomic E-state index is 11.9. The summed E-state index contributed by atoms with van der Waals surface area (Å²) in [6.45, 7) is 6.92. The summed E-state index contributed by atoms with van der Waals surface area (Å²) in [5.74, 6) is 0.617. The maximum absolute atomic E-state index is 11.9. The third kappa shape index (κ3) is 5.55. The van der Waals surface area contributed by atoms with E-state index in [2.05, 4.69) is 24.2 Å². The fraction of sp³-hybridized carbons (Fsp3) is 0.923. The summed E-state index contributed by atoms with van der Waals surface area (Å²) in [5, 5.41) is 3.01. The van der Waals surface area contributed by atoms with Gasteiger partial charge in [-0.3, -0.25) is 4.79 Å². The quantitative estimate of drug-likeness (QED) is 0.798. The molecule has 1 unspecified atom stereocenters. The average Bonchev–Trinajstić information content (AvgIpc) is 2.27. The van der Waals surface area contributed by atoms with E-state index in [-0.39, 0.29) is 18.3 Å². The van der Waals surface area contributed by atoms with Gasteiger partial charge in [0.15, 0.2) is 0 Å². The molecule has 0 spiro atoms. The first-order valence-corrected chi connectivity index (χ1v) is 6.71. The van der Waals surface area contributed by atoms with Gasteiger partial charge in [0.25, 0.3) is 0 Å². The second-order valence-corrected chi connectivity index (χ2v) is 5.62. The largest absolute Gasteiger partial charge is 0.354 e. The molecule has 0 aromatic carbocycles. The lowest BCUT2D eigenvalue weighted by atomic mass is 9.94. The molecule has 0 bridgehead atoms. The van der Waals surface area contributed by atoms with Gasteiger partial charge in [-0.15, -0.1) is 12.4 Å². The first kappa shape index (κ1) is 17.7. The molecule has 18 heavy (non-hydrogen) atoms. The number of rotatable bonds is 5. The zero-order valence-corrected chi connectivity index (χ0v) is 12.7. The SMILES string of the molecule is CCCC(C)(N)C(=O)NCC1CCN(C)CC1.Cl. The highest BCUT2D eigenvalue weighted by Crippen LogP contribution is 2.15. The molecule has 0 aromatic heterocycles. The fourth-order valence-corrected chi connectivity index (χ4v) is 2.34. The number of hydrogen-bond acceptors (Lipinski definition) is 3. The van der Waals surface area contributed by atoms with Crippen molar-refractivity contribution in [1.29, 1.82) is 0 Å². The summed E-state index contributed by atoms with van der Waals surface area (Å²) in [7, 11) is 2.15. The van der Waals surface area contributed by atoms with Crippen molar-refractivity contribution >= 4 is 18.3 Å². The molecule has 3 N–H and O–H groups in total. The zero-order valence-electron chi connectivity index (χ0n) is 11.9. The normalized spacial score (nSPS) is 20.9. The molecule has 1 aliphatic rings. The van der Waals surface area contributed by atoms with Gasteiger partial charge in [0.2, 0.25) is 5.91 Å². The smallest absolute Gasteiger partial charge is 0.239 e. The summed E-state index contributed by atoms with van der Waals surface area (Å²) in [6.07, 6.45) is 4.03. The molecule has 5 heteroatoms. The van der Waals surface area contributed by atoms with Crippen LogP contribution in [-0.4, -0.2) is 43.0 Å². The van der Waals surface area contributed by atoms with Crippen molar-refractivity contribution in [1.82, 2.24) is 10.2 Å². The highest BCUT2D eigenvalue weighted by Gasteiger charge is 2.27. The first-order chi connectivity index (χ1) is 7.95. The van der Waals surface area contributed by atoms with Crippen molar-refractivity contribution < 1.29 is 4.79 Å². The standard InChI is InChI=1S/C13H27N3O.ClH/c1-4-7-13(2,14)12(17)15-10-11-5-8-16(3)9-6-11;/h11H,4-10,14H2,1-3H3,(H,15,17);1H. The molecule has 1 atom stereocenters. The highest BCUT2D eigenvalue weighted by molar-refractivity contribution is 5.85.